The number of nitrogens with zero attached hydrogens (tertiary/aromatic N) is 4. The average Bonchev–Trinajstić information content (AvgIpc) is 3.50. The number of hydrogen-bond acceptors (Lipinski definition) is 20. The molecule has 4 N–H and O–H groups in total. The van der Waals surface area contributed by atoms with Crippen molar-refractivity contribution in [2.75, 3.05) is 123 Å². The summed E-state index contributed by atoms with van der Waals surface area (Å²) < 4.78 is 26.7. The fourth-order valence-electron chi connectivity index (χ4n) is 9.82. The molecule has 1 rings (SSSR count). The van der Waals surface area contributed by atoms with Crippen molar-refractivity contribution in [3.8, 4) is 0 Å². The van der Waals surface area contributed by atoms with E-state index in [1.165, 1.54) is 0 Å². The summed E-state index contributed by atoms with van der Waals surface area (Å²) in [5.74, 6) is 1.15. The molecule has 0 aromatic rings. The highest BCUT2D eigenvalue weighted by molar-refractivity contribution is 8.76. The molecule has 1 heterocycles. The molecule has 84 heavy (non-hydrogen) atoms. The van der Waals surface area contributed by atoms with Crippen molar-refractivity contribution < 1.29 is 68.1 Å². The van der Waals surface area contributed by atoms with E-state index >= 15 is 0 Å². The standard InChI is InChI=1S/C64H122N4O14S2/c1-5-9-45-78-60(73)32-19-15-13-17-28-56(69)52-67(53-57(70)29-18-14-16-20-33-61(74)79-46-10-6-2)37-26-25-36-64(77)82-49-43-65-39-41-66(42-40-65)44-51-84-83-50-27-38-68(54-58(71)30-21-23-34-62(75)80-47-11-7-3)55-59(72)31-22-24-35-63(76)81-48-12-8-4/h56-59,69-72H,5-55H2,1-4H3. The van der Waals surface area contributed by atoms with Crippen molar-refractivity contribution in [1.29, 1.82) is 0 Å². The molecule has 0 aromatic heterocycles. The first-order valence-electron chi connectivity index (χ1n) is 33.4. The molecule has 0 amide bonds. The van der Waals surface area contributed by atoms with Crippen LogP contribution in [-0.2, 0) is 47.7 Å². The van der Waals surface area contributed by atoms with Crippen LogP contribution >= 0.6 is 21.6 Å². The number of piperazine rings is 1. The number of rotatable bonds is 60. The first-order valence-corrected chi connectivity index (χ1v) is 35.9. The maximum Gasteiger partial charge on any atom is 0.305 e. The molecule has 0 aliphatic carbocycles. The normalized spacial score (nSPS) is 14.6. The van der Waals surface area contributed by atoms with Gasteiger partial charge in [0.2, 0.25) is 0 Å². The summed E-state index contributed by atoms with van der Waals surface area (Å²) in [5, 5.41) is 43.9. The van der Waals surface area contributed by atoms with Crippen molar-refractivity contribution in [1.82, 2.24) is 19.6 Å². The Labute approximate surface area is 517 Å². The molecular weight excluding hydrogens is 1110 g/mol. The molecule has 0 bridgehead atoms. The second kappa shape index (κ2) is 57.2. The molecule has 4 atom stereocenters. The van der Waals surface area contributed by atoms with Crippen molar-refractivity contribution in [3.05, 3.63) is 0 Å². The third-order valence-corrected chi connectivity index (χ3v) is 17.6. The molecule has 0 aromatic carbocycles. The predicted octanol–water partition coefficient (Wildman–Crippen LogP) is 10.3. The molecule has 1 aliphatic heterocycles. The molecule has 494 valence electrons. The van der Waals surface area contributed by atoms with Gasteiger partial charge in [-0.3, -0.25) is 43.6 Å². The Morgan fingerprint density at radius 2 is 0.643 bits per heavy atom. The van der Waals surface area contributed by atoms with Crippen LogP contribution in [0, 0.1) is 0 Å². The maximum atomic E-state index is 12.8. The monoisotopic (exact) mass is 1230 g/mol. The highest BCUT2D eigenvalue weighted by atomic mass is 33.1. The number of esters is 5. The molecule has 1 aliphatic rings. The number of aliphatic hydroxyl groups is 4. The van der Waals surface area contributed by atoms with E-state index in [2.05, 4.69) is 47.3 Å². The lowest BCUT2D eigenvalue weighted by molar-refractivity contribution is -0.145. The number of aliphatic hydroxyl groups excluding tert-OH is 4. The molecular formula is C64H122N4O14S2. The van der Waals surface area contributed by atoms with Gasteiger partial charge in [-0.25, -0.2) is 0 Å². The van der Waals surface area contributed by atoms with E-state index in [0.29, 0.717) is 149 Å². The number of hydrogen-bond donors (Lipinski definition) is 4. The van der Waals surface area contributed by atoms with Gasteiger partial charge in [-0.1, -0.05) is 126 Å². The minimum Gasteiger partial charge on any atom is -0.466 e. The van der Waals surface area contributed by atoms with E-state index in [4.69, 9.17) is 23.7 Å². The van der Waals surface area contributed by atoms with Crippen LogP contribution < -0.4 is 0 Å². The Morgan fingerprint density at radius 1 is 0.357 bits per heavy atom. The third kappa shape index (κ3) is 50.7. The fraction of sp³-hybridized carbons (Fsp3) is 0.922. The minimum atomic E-state index is -0.553. The zero-order valence-electron chi connectivity index (χ0n) is 53.3. The van der Waals surface area contributed by atoms with Gasteiger partial charge in [-0.2, -0.15) is 0 Å². The quantitative estimate of drug-likeness (QED) is 0.0192. The number of carbonyl (C=O) groups excluding carboxylic acids is 5. The second-order valence-electron chi connectivity index (χ2n) is 23.2. The van der Waals surface area contributed by atoms with Gasteiger partial charge in [-0.15, -0.1) is 0 Å². The van der Waals surface area contributed by atoms with E-state index in [-0.39, 0.29) is 29.8 Å². The molecule has 20 heteroatoms. The van der Waals surface area contributed by atoms with Crippen LogP contribution in [0.2, 0.25) is 0 Å². The molecule has 0 spiro atoms. The molecule has 1 saturated heterocycles. The fourth-order valence-corrected chi connectivity index (χ4v) is 11.9. The average molecular weight is 1240 g/mol. The SMILES string of the molecule is CCCCOC(=O)CCCCCCC(O)CN(CCCCC(=O)OCCN1CCN(CCSSCCCN(CC(O)CCCCC(=O)OCCCC)CC(O)CCCCC(=O)OCCCC)CC1)CC(O)CCCCCCC(=O)OCCCC. The van der Waals surface area contributed by atoms with Crippen LogP contribution in [0.4, 0.5) is 0 Å². The van der Waals surface area contributed by atoms with E-state index < -0.39 is 24.4 Å². The van der Waals surface area contributed by atoms with Crippen molar-refractivity contribution in [3.63, 3.8) is 0 Å². The third-order valence-electron chi connectivity index (χ3n) is 15.1. The number of carbonyl (C=O) groups is 5. The summed E-state index contributed by atoms with van der Waals surface area (Å²) in [6.45, 7) is 19.3. The Balaban J connectivity index is 2.43. The molecule has 18 nitrogen and oxygen atoms in total. The molecule has 0 radical (unpaired) electrons. The van der Waals surface area contributed by atoms with Gasteiger partial charge in [0.25, 0.3) is 0 Å². The van der Waals surface area contributed by atoms with Gasteiger partial charge in [-0.05, 0) is 109 Å². The van der Waals surface area contributed by atoms with Crippen molar-refractivity contribution in [2.45, 2.75) is 258 Å². The van der Waals surface area contributed by atoms with Gasteiger partial charge in [0.15, 0.2) is 0 Å². The Morgan fingerprint density at radius 3 is 1.01 bits per heavy atom. The van der Waals surface area contributed by atoms with Gasteiger partial charge in [0.1, 0.15) is 6.61 Å². The number of ether oxygens (including phenoxy) is 5. The van der Waals surface area contributed by atoms with Crippen molar-refractivity contribution in [2.24, 2.45) is 0 Å². The predicted molar refractivity (Wildman–Crippen MR) is 340 cm³/mol. The van der Waals surface area contributed by atoms with Crippen LogP contribution in [0.5, 0.6) is 0 Å². The summed E-state index contributed by atoms with van der Waals surface area (Å²) in [5.41, 5.74) is 0. The van der Waals surface area contributed by atoms with Gasteiger partial charge >= 0.3 is 29.8 Å². The lowest BCUT2D eigenvalue weighted by Gasteiger charge is -2.34. The first kappa shape index (κ1) is 79.7. The van der Waals surface area contributed by atoms with Crippen LogP contribution in [0.1, 0.15) is 233 Å². The summed E-state index contributed by atoms with van der Waals surface area (Å²) in [4.78, 5) is 69.8. The van der Waals surface area contributed by atoms with Gasteiger partial charge in [0, 0.05) is 109 Å². The Bertz CT molecular complexity index is 1510. The molecule has 4 unspecified atom stereocenters. The Hall–Kier alpha value is -2.27. The van der Waals surface area contributed by atoms with Gasteiger partial charge in [0.05, 0.1) is 50.8 Å². The van der Waals surface area contributed by atoms with Crippen LogP contribution in [0.25, 0.3) is 0 Å². The first-order chi connectivity index (χ1) is 40.8. The minimum absolute atomic E-state index is 0.136. The molecule has 1 fully saturated rings. The highest BCUT2D eigenvalue weighted by Gasteiger charge is 2.20. The maximum absolute atomic E-state index is 12.8. The van der Waals surface area contributed by atoms with E-state index in [1.807, 2.05) is 21.6 Å². The van der Waals surface area contributed by atoms with Crippen LogP contribution in [0.3, 0.4) is 0 Å². The van der Waals surface area contributed by atoms with E-state index in [0.717, 1.165) is 179 Å². The summed E-state index contributed by atoms with van der Waals surface area (Å²) in [7, 11) is 3.74. The van der Waals surface area contributed by atoms with Crippen LogP contribution in [0.15, 0.2) is 0 Å². The van der Waals surface area contributed by atoms with Crippen molar-refractivity contribution >= 4 is 51.4 Å². The smallest absolute Gasteiger partial charge is 0.305 e. The largest absolute Gasteiger partial charge is 0.466 e. The zero-order chi connectivity index (χ0) is 61.5. The summed E-state index contributed by atoms with van der Waals surface area (Å²) >= 11 is 0. The Kier molecular flexibility index (Phi) is 54.3. The highest BCUT2D eigenvalue weighted by Crippen LogP contribution is 2.23. The molecule has 0 saturated carbocycles. The topological polar surface area (TPSA) is 225 Å². The second-order valence-corrected chi connectivity index (χ2v) is 25.9. The zero-order valence-corrected chi connectivity index (χ0v) is 55.0. The lowest BCUT2D eigenvalue weighted by Crippen LogP contribution is -2.47. The lowest BCUT2D eigenvalue weighted by atomic mass is 10.1. The van der Waals surface area contributed by atoms with E-state index in [1.54, 1.807) is 0 Å². The van der Waals surface area contributed by atoms with Crippen LogP contribution in [-0.4, -0.2) is 217 Å². The summed E-state index contributed by atoms with van der Waals surface area (Å²) in [6.07, 6.45) is 21.8. The summed E-state index contributed by atoms with van der Waals surface area (Å²) in [6, 6.07) is 0. The van der Waals surface area contributed by atoms with E-state index in [9.17, 15) is 44.4 Å². The number of unbranched alkanes of at least 4 members (excludes halogenated alkanes) is 13. The van der Waals surface area contributed by atoms with Gasteiger partial charge < -0.3 is 44.1 Å².